The Hall–Kier alpha value is -4.27. The van der Waals surface area contributed by atoms with Crippen LogP contribution in [0.25, 0.3) is 44.7 Å². The third-order valence-corrected chi connectivity index (χ3v) is 6.57. The molecule has 37 heavy (non-hydrogen) atoms. The van der Waals surface area contributed by atoms with Crippen molar-refractivity contribution in [2.75, 3.05) is 5.32 Å². The number of furan rings is 1. The minimum Gasteiger partial charge on any atom is -0.451 e. The highest BCUT2D eigenvalue weighted by atomic mass is 79.9. The second kappa shape index (κ2) is 9.65. The molecule has 0 aliphatic carbocycles. The van der Waals surface area contributed by atoms with Gasteiger partial charge < -0.3 is 14.2 Å². The Bertz CT molecular complexity index is 1790. The van der Waals surface area contributed by atoms with Crippen molar-refractivity contribution in [3.8, 4) is 22.8 Å². The number of aromatic nitrogens is 1. The number of carbonyl (C=O) groups excluding carboxylic acids is 1. The molecule has 0 unspecified atom stereocenters. The van der Waals surface area contributed by atoms with Crippen LogP contribution in [-0.4, -0.2) is 16.0 Å². The van der Waals surface area contributed by atoms with Gasteiger partial charge in [-0.1, -0.05) is 64.5 Å². The quantitative estimate of drug-likeness (QED) is 0.211. The van der Waals surface area contributed by atoms with Gasteiger partial charge in [-0.2, -0.15) is 0 Å². The number of thiocarbonyl (C=S) groups is 1. The molecule has 4 aromatic carbocycles. The average molecular weight is 568 g/mol. The zero-order valence-electron chi connectivity index (χ0n) is 19.2. The average Bonchev–Trinajstić information content (AvgIpc) is 3.57. The molecule has 0 saturated carbocycles. The number of hydrogen-bond acceptors (Lipinski definition) is 5. The predicted octanol–water partition coefficient (Wildman–Crippen LogP) is 7.80. The molecular formula is C29H18BrN3O3S. The molecule has 1 amide bonds. The van der Waals surface area contributed by atoms with Crippen LogP contribution in [0.4, 0.5) is 5.69 Å². The molecule has 0 radical (unpaired) electrons. The van der Waals surface area contributed by atoms with Crippen LogP contribution in [-0.2, 0) is 0 Å². The van der Waals surface area contributed by atoms with Crippen LogP contribution in [0.15, 0.2) is 110 Å². The molecule has 2 aromatic heterocycles. The maximum atomic E-state index is 12.7. The minimum absolute atomic E-state index is 0.146. The van der Waals surface area contributed by atoms with Crippen LogP contribution >= 0.6 is 28.1 Å². The molecule has 0 saturated heterocycles. The van der Waals surface area contributed by atoms with Gasteiger partial charge in [-0.25, -0.2) is 4.98 Å². The van der Waals surface area contributed by atoms with E-state index in [1.807, 2.05) is 84.9 Å². The highest BCUT2D eigenvalue weighted by Crippen LogP contribution is 2.30. The summed E-state index contributed by atoms with van der Waals surface area (Å²) >= 11 is 8.77. The van der Waals surface area contributed by atoms with Crippen LogP contribution in [0.1, 0.15) is 10.6 Å². The second-order valence-electron chi connectivity index (χ2n) is 8.31. The van der Waals surface area contributed by atoms with Gasteiger partial charge in [0.25, 0.3) is 5.91 Å². The first-order chi connectivity index (χ1) is 18.0. The topological polar surface area (TPSA) is 80.3 Å². The number of rotatable bonds is 4. The van der Waals surface area contributed by atoms with E-state index in [4.69, 9.17) is 26.0 Å². The Labute approximate surface area is 225 Å². The van der Waals surface area contributed by atoms with E-state index in [9.17, 15) is 4.79 Å². The van der Waals surface area contributed by atoms with Crippen molar-refractivity contribution in [2.45, 2.75) is 0 Å². The van der Waals surface area contributed by atoms with Crippen molar-refractivity contribution in [3.05, 3.63) is 107 Å². The Morgan fingerprint density at radius 2 is 1.68 bits per heavy atom. The van der Waals surface area contributed by atoms with Crippen LogP contribution < -0.4 is 10.6 Å². The van der Waals surface area contributed by atoms with E-state index < -0.39 is 5.91 Å². The zero-order chi connectivity index (χ0) is 25.4. The van der Waals surface area contributed by atoms with Gasteiger partial charge in [0, 0.05) is 26.7 Å². The third-order valence-electron chi connectivity index (χ3n) is 5.84. The summed E-state index contributed by atoms with van der Waals surface area (Å²) in [5, 5.41) is 7.99. The number of carbonyl (C=O) groups is 1. The number of hydrogen-bond donors (Lipinski definition) is 2. The first-order valence-electron chi connectivity index (χ1n) is 11.4. The van der Waals surface area contributed by atoms with Crippen molar-refractivity contribution >= 4 is 66.7 Å². The van der Waals surface area contributed by atoms with E-state index in [0.29, 0.717) is 17.3 Å². The molecule has 0 aliphatic heterocycles. The predicted molar refractivity (Wildman–Crippen MR) is 152 cm³/mol. The molecule has 2 heterocycles. The molecule has 8 heteroatoms. The lowest BCUT2D eigenvalue weighted by Gasteiger charge is -2.09. The lowest BCUT2D eigenvalue weighted by atomic mass is 10.1. The number of fused-ring (bicyclic) bond motifs is 3. The number of amides is 1. The fourth-order valence-electron chi connectivity index (χ4n) is 4.07. The molecule has 6 nitrogen and oxygen atoms in total. The van der Waals surface area contributed by atoms with Gasteiger partial charge >= 0.3 is 0 Å². The molecule has 0 aliphatic rings. The lowest BCUT2D eigenvalue weighted by molar-refractivity contribution is 0.0951. The SMILES string of the molecule is O=C(NC(=S)Nc1cccc(-c2nc3c(ccc4ccccc43)o2)c1)c1ccc(-c2ccc(Br)cc2)o1. The lowest BCUT2D eigenvalue weighted by Crippen LogP contribution is -2.33. The molecule has 0 bridgehead atoms. The first-order valence-corrected chi connectivity index (χ1v) is 12.6. The smallest absolute Gasteiger partial charge is 0.293 e. The Morgan fingerprint density at radius 1 is 0.838 bits per heavy atom. The van der Waals surface area contributed by atoms with Crippen LogP contribution in [0.2, 0.25) is 0 Å². The summed E-state index contributed by atoms with van der Waals surface area (Å²) in [7, 11) is 0. The largest absolute Gasteiger partial charge is 0.451 e. The van der Waals surface area contributed by atoms with E-state index in [1.54, 1.807) is 12.1 Å². The zero-order valence-corrected chi connectivity index (χ0v) is 21.6. The fourth-order valence-corrected chi connectivity index (χ4v) is 4.55. The summed E-state index contributed by atoms with van der Waals surface area (Å²) in [6.45, 7) is 0. The number of anilines is 1. The Morgan fingerprint density at radius 3 is 2.54 bits per heavy atom. The molecule has 2 N–H and O–H groups in total. The maximum Gasteiger partial charge on any atom is 0.293 e. The summed E-state index contributed by atoms with van der Waals surface area (Å²) in [5.41, 5.74) is 3.87. The number of benzene rings is 4. The van der Waals surface area contributed by atoms with E-state index in [0.717, 1.165) is 37.5 Å². The minimum atomic E-state index is -0.442. The normalized spacial score (nSPS) is 11.1. The summed E-state index contributed by atoms with van der Waals surface area (Å²) in [4.78, 5) is 17.4. The Balaban J connectivity index is 1.17. The van der Waals surface area contributed by atoms with Crippen molar-refractivity contribution in [2.24, 2.45) is 0 Å². The number of halogens is 1. The van der Waals surface area contributed by atoms with Gasteiger partial charge in [0.1, 0.15) is 11.3 Å². The van der Waals surface area contributed by atoms with Gasteiger partial charge in [-0.15, -0.1) is 0 Å². The van der Waals surface area contributed by atoms with E-state index in [1.165, 1.54) is 0 Å². The number of nitrogens with zero attached hydrogens (tertiary/aromatic N) is 1. The summed E-state index contributed by atoms with van der Waals surface area (Å²) in [6.07, 6.45) is 0. The summed E-state index contributed by atoms with van der Waals surface area (Å²) in [6, 6.07) is 30.5. The molecule has 0 spiro atoms. The van der Waals surface area contributed by atoms with Gasteiger partial charge in [-0.05, 0) is 66.1 Å². The van der Waals surface area contributed by atoms with Crippen molar-refractivity contribution in [1.82, 2.24) is 10.3 Å². The highest BCUT2D eigenvalue weighted by molar-refractivity contribution is 9.10. The van der Waals surface area contributed by atoms with E-state index in [-0.39, 0.29) is 10.9 Å². The van der Waals surface area contributed by atoms with Gasteiger partial charge in [0.05, 0.1) is 0 Å². The molecule has 6 rings (SSSR count). The fraction of sp³-hybridized carbons (Fsp3) is 0. The molecule has 180 valence electrons. The second-order valence-corrected chi connectivity index (χ2v) is 9.64. The monoisotopic (exact) mass is 567 g/mol. The van der Waals surface area contributed by atoms with E-state index in [2.05, 4.69) is 26.6 Å². The van der Waals surface area contributed by atoms with E-state index >= 15 is 0 Å². The standard InChI is InChI=1S/C29H18BrN3O3S/c30-20-11-8-18(9-12-20)23-14-15-25(35-23)27(34)33-29(37)31-21-6-3-5-19(16-21)28-32-26-22-7-2-1-4-17(22)10-13-24(26)36-28/h1-16H,(H2,31,33,34,37). The van der Waals surface area contributed by atoms with Crippen LogP contribution in [0, 0.1) is 0 Å². The van der Waals surface area contributed by atoms with Gasteiger partial charge in [0.2, 0.25) is 5.89 Å². The van der Waals surface area contributed by atoms with Crippen LogP contribution in [0.3, 0.4) is 0 Å². The third kappa shape index (κ3) is 4.76. The first kappa shape index (κ1) is 23.1. The van der Waals surface area contributed by atoms with Gasteiger partial charge in [0.15, 0.2) is 16.5 Å². The molecular weight excluding hydrogens is 550 g/mol. The van der Waals surface area contributed by atoms with Crippen LogP contribution in [0.5, 0.6) is 0 Å². The number of oxazole rings is 1. The summed E-state index contributed by atoms with van der Waals surface area (Å²) in [5.74, 6) is 0.814. The molecule has 0 atom stereocenters. The van der Waals surface area contributed by atoms with Crippen molar-refractivity contribution < 1.29 is 13.6 Å². The number of nitrogens with one attached hydrogen (secondary N) is 2. The van der Waals surface area contributed by atoms with Crippen molar-refractivity contribution in [1.29, 1.82) is 0 Å². The summed E-state index contributed by atoms with van der Waals surface area (Å²) < 4.78 is 12.7. The highest BCUT2D eigenvalue weighted by Gasteiger charge is 2.15. The Kier molecular flexibility index (Phi) is 6.04. The molecule has 0 fully saturated rings. The van der Waals surface area contributed by atoms with Crippen molar-refractivity contribution in [3.63, 3.8) is 0 Å². The van der Waals surface area contributed by atoms with Gasteiger partial charge in [-0.3, -0.25) is 10.1 Å². The maximum absolute atomic E-state index is 12.7. The molecule has 6 aromatic rings.